The highest BCUT2D eigenvalue weighted by atomic mass is 32.2. The molecule has 3 nitrogen and oxygen atoms in total. The zero-order valence-corrected chi connectivity index (χ0v) is 12.8. The highest BCUT2D eigenvalue weighted by Gasteiger charge is 2.43. The lowest BCUT2D eigenvalue weighted by Crippen LogP contribution is -2.46. The summed E-state index contributed by atoms with van der Waals surface area (Å²) in [4.78, 5) is 14.5. The van der Waals surface area contributed by atoms with Crippen molar-refractivity contribution >= 4 is 17.7 Å². The Balaban J connectivity index is 2.04. The molecule has 4 unspecified atom stereocenters. The van der Waals surface area contributed by atoms with Crippen molar-refractivity contribution in [1.82, 2.24) is 10.2 Å². The van der Waals surface area contributed by atoms with E-state index in [-0.39, 0.29) is 12.2 Å². The first-order valence-electron chi connectivity index (χ1n) is 7.24. The Hall–Kier alpha value is -0.220. The first-order chi connectivity index (χ1) is 8.54. The van der Waals surface area contributed by atoms with Gasteiger partial charge in [-0.2, -0.15) is 11.8 Å². The van der Waals surface area contributed by atoms with Gasteiger partial charge < -0.3 is 4.90 Å². The fourth-order valence-corrected chi connectivity index (χ4v) is 4.38. The Morgan fingerprint density at radius 2 is 2.17 bits per heavy atom. The van der Waals surface area contributed by atoms with Crippen LogP contribution in [0.3, 0.4) is 0 Å². The van der Waals surface area contributed by atoms with Crippen LogP contribution in [0.15, 0.2) is 0 Å². The van der Waals surface area contributed by atoms with Gasteiger partial charge in [-0.25, -0.2) is 0 Å². The monoisotopic (exact) mass is 270 g/mol. The summed E-state index contributed by atoms with van der Waals surface area (Å²) >= 11 is 2.05. The molecule has 104 valence electrons. The summed E-state index contributed by atoms with van der Waals surface area (Å²) in [6.07, 6.45) is 3.87. The van der Waals surface area contributed by atoms with Crippen LogP contribution in [-0.4, -0.2) is 40.1 Å². The average Bonchev–Trinajstić information content (AvgIpc) is 2.86. The Kier molecular flexibility index (Phi) is 4.59. The molecule has 1 N–H and O–H groups in total. The predicted octanol–water partition coefficient (Wildman–Crippen LogP) is 2.46. The number of carbonyl (C=O) groups is 1. The van der Waals surface area contributed by atoms with E-state index in [2.05, 4.69) is 42.7 Å². The van der Waals surface area contributed by atoms with E-state index in [1.165, 1.54) is 25.0 Å². The number of nitrogens with one attached hydrogen (secondary N) is 1. The summed E-state index contributed by atoms with van der Waals surface area (Å²) in [6.45, 7) is 8.61. The van der Waals surface area contributed by atoms with Crippen LogP contribution in [0.4, 0.5) is 0 Å². The molecule has 4 atom stereocenters. The molecule has 2 fully saturated rings. The molecule has 4 heteroatoms. The van der Waals surface area contributed by atoms with E-state index in [0.29, 0.717) is 17.9 Å². The molecule has 0 radical (unpaired) electrons. The van der Waals surface area contributed by atoms with Crippen LogP contribution in [0.25, 0.3) is 0 Å². The first kappa shape index (κ1) is 14.2. The maximum absolute atomic E-state index is 12.3. The summed E-state index contributed by atoms with van der Waals surface area (Å²) in [7, 11) is 0. The first-order valence-corrected chi connectivity index (χ1v) is 8.29. The fourth-order valence-electron chi connectivity index (χ4n) is 3.25. The molecule has 1 amide bonds. The summed E-state index contributed by atoms with van der Waals surface area (Å²) in [5.41, 5.74) is 0. The van der Waals surface area contributed by atoms with Gasteiger partial charge in [-0.15, -0.1) is 0 Å². The lowest BCUT2D eigenvalue weighted by atomic mass is 10.1. The van der Waals surface area contributed by atoms with Crippen LogP contribution in [0.1, 0.15) is 47.0 Å². The molecule has 1 aliphatic carbocycles. The second kappa shape index (κ2) is 5.83. The topological polar surface area (TPSA) is 32.3 Å². The van der Waals surface area contributed by atoms with Crippen LogP contribution in [0.5, 0.6) is 0 Å². The third-order valence-corrected chi connectivity index (χ3v) is 5.36. The third-order valence-electron chi connectivity index (χ3n) is 4.13. The normalized spacial score (nSPS) is 36.9. The van der Waals surface area contributed by atoms with E-state index in [1.807, 2.05) is 6.92 Å². The lowest BCUT2D eigenvalue weighted by Gasteiger charge is -2.32. The van der Waals surface area contributed by atoms with Crippen molar-refractivity contribution in [1.29, 1.82) is 0 Å². The summed E-state index contributed by atoms with van der Waals surface area (Å²) in [6, 6.07) is 0.460. The minimum absolute atomic E-state index is 0.00437. The van der Waals surface area contributed by atoms with Gasteiger partial charge in [-0.05, 0) is 37.9 Å². The van der Waals surface area contributed by atoms with E-state index in [9.17, 15) is 4.79 Å². The molecule has 1 saturated heterocycles. The molecule has 2 aliphatic rings. The summed E-state index contributed by atoms with van der Waals surface area (Å²) in [5.74, 6) is 1.98. The lowest BCUT2D eigenvalue weighted by molar-refractivity contribution is -0.132. The van der Waals surface area contributed by atoms with Crippen molar-refractivity contribution in [3.8, 4) is 0 Å². The Labute approximate surface area is 115 Å². The zero-order valence-electron chi connectivity index (χ0n) is 12.0. The molecule has 0 aromatic rings. The minimum atomic E-state index is -0.00437. The molecule has 0 aromatic carbocycles. The molecule has 0 spiro atoms. The van der Waals surface area contributed by atoms with Gasteiger partial charge in [0.05, 0.1) is 12.2 Å². The SMILES string of the molecule is CCSC1CCC(N2C(=O)C(C)NC2C(C)C)C1. The van der Waals surface area contributed by atoms with Gasteiger partial charge in [0.2, 0.25) is 5.91 Å². The molecule has 1 saturated carbocycles. The van der Waals surface area contributed by atoms with Crippen LogP contribution in [0, 0.1) is 5.92 Å². The van der Waals surface area contributed by atoms with Crippen molar-refractivity contribution in [2.24, 2.45) is 5.92 Å². The maximum Gasteiger partial charge on any atom is 0.240 e. The molecule has 18 heavy (non-hydrogen) atoms. The van der Waals surface area contributed by atoms with Crippen molar-refractivity contribution in [3.05, 3.63) is 0 Å². The fraction of sp³-hybridized carbons (Fsp3) is 0.929. The van der Waals surface area contributed by atoms with Gasteiger partial charge in [-0.3, -0.25) is 10.1 Å². The van der Waals surface area contributed by atoms with Gasteiger partial charge in [0.25, 0.3) is 0 Å². The highest BCUT2D eigenvalue weighted by Crippen LogP contribution is 2.35. The zero-order chi connectivity index (χ0) is 13.3. The Bertz CT molecular complexity index is 308. The summed E-state index contributed by atoms with van der Waals surface area (Å²) in [5, 5.41) is 4.21. The number of amides is 1. The van der Waals surface area contributed by atoms with E-state index in [1.54, 1.807) is 0 Å². The van der Waals surface area contributed by atoms with Crippen LogP contribution in [0.2, 0.25) is 0 Å². The number of rotatable bonds is 4. The van der Waals surface area contributed by atoms with Gasteiger partial charge in [0, 0.05) is 11.3 Å². The van der Waals surface area contributed by atoms with E-state index < -0.39 is 0 Å². The van der Waals surface area contributed by atoms with Crippen molar-refractivity contribution in [2.75, 3.05) is 5.75 Å². The van der Waals surface area contributed by atoms with Gasteiger partial charge in [0.15, 0.2) is 0 Å². The largest absolute Gasteiger partial charge is 0.323 e. The molecule has 0 aromatic heterocycles. The van der Waals surface area contributed by atoms with E-state index in [4.69, 9.17) is 0 Å². The number of nitrogens with zero attached hydrogens (tertiary/aromatic N) is 1. The summed E-state index contributed by atoms with van der Waals surface area (Å²) < 4.78 is 0. The molecule has 1 aliphatic heterocycles. The van der Waals surface area contributed by atoms with Crippen LogP contribution in [-0.2, 0) is 4.79 Å². The van der Waals surface area contributed by atoms with Gasteiger partial charge in [0.1, 0.15) is 0 Å². The van der Waals surface area contributed by atoms with Crippen LogP contribution < -0.4 is 5.32 Å². The maximum atomic E-state index is 12.3. The molecular formula is C14H26N2OS. The Morgan fingerprint density at radius 1 is 1.44 bits per heavy atom. The van der Waals surface area contributed by atoms with E-state index in [0.717, 1.165) is 5.25 Å². The second-order valence-electron chi connectivity index (χ2n) is 5.87. The molecule has 2 rings (SSSR count). The van der Waals surface area contributed by atoms with Crippen molar-refractivity contribution < 1.29 is 4.79 Å². The molecule has 0 bridgehead atoms. The third kappa shape index (κ3) is 2.69. The van der Waals surface area contributed by atoms with E-state index >= 15 is 0 Å². The van der Waals surface area contributed by atoms with Crippen molar-refractivity contribution in [3.63, 3.8) is 0 Å². The highest BCUT2D eigenvalue weighted by molar-refractivity contribution is 7.99. The average molecular weight is 270 g/mol. The number of hydrogen-bond donors (Lipinski definition) is 1. The molecular weight excluding hydrogens is 244 g/mol. The van der Waals surface area contributed by atoms with Gasteiger partial charge in [-0.1, -0.05) is 20.8 Å². The van der Waals surface area contributed by atoms with Gasteiger partial charge >= 0.3 is 0 Å². The quantitative estimate of drug-likeness (QED) is 0.852. The number of carbonyl (C=O) groups excluding carboxylic acids is 1. The minimum Gasteiger partial charge on any atom is -0.323 e. The smallest absolute Gasteiger partial charge is 0.240 e. The molecule has 1 heterocycles. The Morgan fingerprint density at radius 3 is 2.78 bits per heavy atom. The number of thioether (sulfide) groups is 1. The number of hydrogen-bond acceptors (Lipinski definition) is 3. The van der Waals surface area contributed by atoms with Crippen molar-refractivity contribution in [2.45, 2.75) is 70.5 Å². The standard InChI is InChI=1S/C14H26N2OS/c1-5-18-12-7-6-11(8-12)16-13(9(2)3)15-10(4)14(16)17/h9-13,15H,5-8H2,1-4H3. The van der Waals surface area contributed by atoms with Crippen LogP contribution >= 0.6 is 11.8 Å². The second-order valence-corrected chi connectivity index (χ2v) is 7.44. The predicted molar refractivity (Wildman–Crippen MR) is 77.6 cm³/mol.